The predicted molar refractivity (Wildman–Crippen MR) is 148 cm³/mol. The topological polar surface area (TPSA) is 92.1 Å². The number of nitrogens with zero attached hydrogens (tertiary/aromatic N) is 9. The average Bonchev–Trinajstić information content (AvgIpc) is 3.80. The summed E-state index contributed by atoms with van der Waals surface area (Å²) in [5.41, 5.74) is 5.17. The molecule has 0 saturated carbocycles. The van der Waals surface area contributed by atoms with Crippen molar-refractivity contribution >= 4 is 0 Å². The second kappa shape index (κ2) is 9.64. The molecule has 0 radical (unpaired) electrons. The minimum absolute atomic E-state index is 0.511. The standard InChI is InChI=1S/C30H21N9/c1-4-10-25(11-5-1)37-19-22(16-31-37)28-34-29(23-17-32-38(20-23)26-12-6-2-7-13-26)36-30(35-28)24-18-33-39(21-24)27-14-8-3-9-15-27/h1-21H. The Labute approximate surface area is 223 Å². The Balaban J connectivity index is 1.33. The van der Waals surface area contributed by atoms with Crippen LogP contribution in [0.1, 0.15) is 0 Å². The van der Waals surface area contributed by atoms with E-state index in [4.69, 9.17) is 15.0 Å². The first-order chi connectivity index (χ1) is 19.3. The lowest BCUT2D eigenvalue weighted by molar-refractivity contribution is 0.880. The van der Waals surface area contributed by atoms with Crippen LogP contribution in [0, 0.1) is 0 Å². The number of hydrogen-bond donors (Lipinski definition) is 0. The number of para-hydroxylation sites is 3. The van der Waals surface area contributed by atoms with E-state index in [1.165, 1.54) is 0 Å². The van der Waals surface area contributed by atoms with E-state index < -0.39 is 0 Å². The van der Waals surface area contributed by atoms with Crippen LogP contribution in [0.25, 0.3) is 51.2 Å². The van der Waals surface area contributed by atoms with E-state index in [0.29, 0.717) is 17.5 Å². The quantitative estimate of drug-likeness (QED) is 0.298. The lowest BCUT2D eigenvalue weighted by atomic mass is 10.2. The highest BCUT2D eigenvalue weighted by atomic mass is 15.3. The van der Waals surface area contributed by atoms with Gasteiger partial charge in [-0.3, -0.25) is 0 Å². The van der Waals surface area contributed by atoms with E-state index in [1.54, 1.807) is 32.6 Å². The number of hydrogen-bond acceptors (Lipinski definition) is 6. The Bertz CT molecular complexity index is 1620. The molecule has 3 aromatic carbocycles. The molecule has 0 aliphatic heterocycles. The Hall–Kier alpha value is -5.70. The van der Waals surface area contributed by atoms with Gasteiger partial charge in [0.05, 0.1) is 52.3 Å². The highest BCUT2D eigenvalue weighted by Gasteiger charge is 2.16. The molecule has 0 aliphatic rings. The lowest BCUT2D eigenvalue weighted by Crippen LogP contribution is -1.99. The third-order valence-corrected chi connectivity index (χ3v) is 6.22. The molecule has 186 valence electrons. The van der Waals surface area contributed by atoms with Gasteiger partial charge in [0.25, 0.3) is 0 Å². The lowest BCUT2D eigenvalue weighted by Gasteiger charge is -2.05. The molecule has 7 aromatic rings. The van der Waals surface area contributed by atoms with Crippen LogP contribution in [0.3, 0.4) is 0 Å². The Morgan fingerprint density at radius 2 is 0.641 bits per heavy atom. The van der Waals surface area contributed by atoms with E-state index in [0.717, 1.165) is 33.8 Å². The molecule has 0 bridgehead atoms. The fourth-order valence-electron chi connectivity index (χ4n) is 4.24. The van der Waals surface area contributed by atoms with Crippen molar-refractivity contribution in [2.45, 2.75) is 0 Å². The van der Waals surface area contributed by atoms with Crippen LogP contribution in [0.5, 0.6) is 0 Å². The maximum atomic E-state index is 4.82. The fraction of sp³-hybridized carbons (Fsp3) is 0. The second-order valence-corrected chi connectivity index (χ2v) is 8.83. The van der Waals surface area contributed by atoms with Gasteiger partial charge in [0.15, 0.2) is 17.5 Å². The van der Waals surface area contributed by atoms with E-state index in [-0.39, 0.29) is 0 Å². The van der Waals surface area contributed by atoms with Gasteiger partial charge in [-0.05, 0) is 36.4 Å². The molecule has 0 fully saturated rings. The van der Waals surface area contributed by atoms with Gasteiger partial charge in [0, 0.05) is 18.6 Å². The molecule has 7 rings (SSSR count). The third kappa shape index (κ3) is 4.49. The highest BCUT2D eigenvalue weighted by molar-refractivity contribution is 5.65. The second-order valence-electron chi connectivity index (χ2n) is 8.83. The van der Waals surface area contributed by atoms with Crippen molar-refractivity contribution in [1.29, 1.82) is 0 Å². The minimum Gasteiger partial charge on any atom is -0.240 e. The fourth-order valence-corrected chi connectivity index (χ4v) is 4.24. The molecular weight excluding hydrogens is 486 g/mol. The zero-order valence-corrected chi connectivity index (χ0v) is 20.6. The van der Waals surface area contributed by atoms with Crippen LogP contribution in [0.2, 0.25) is 0 Å². The summed E-state index contributed by atoms with van der Waals surface area (Å²) in [7, 11) is 0. The number of aromatic nitrogens is 9. The molecule has 0 spiro atoms. The van der Waals surface area contributed by atoms with Crippen molar-refractivity contribution in [2.75, 3.05) is 0 Å². The summed E-state index contributed by atoms with van der Waals surface area (Å²) in [5, 5.41) is 13.6. The molecule has 39 heavy (non-hydrogen) atoms. The number of benzene rings is 3. The molecule has 0 N–H and O–H groups in total. The molecule has 9 nitrogen and oxygen atoms in total. The summed E-state index contributed by atoms with van der Waals surface area (Å²) >= 11 is 0. The van der Waals surface area contributed by atoms with Gasteiger partial charge in [-0.2, -0.15) is 15.3 Å². The van der Waals surface area contributed by atoms with Crippen molar-refractivity contribution in [2.24, 2.45) is 0 Å². The van der Waals surface area contributed by atoms with Crippen molar-refractivity contribution in [3.8, 4) is 51.2 Å². The minimum atomic E-state index is 0.511. The van der Waals surface area contributed by atoms with Crippen LogP contribution >= 0.6 is 0 Å². The first kappa shape index (κ1) is 22.5. The summed E-state index contributed by atoms with van der Waals surface area (Å²) in [5.74, 6) is 1.53. The summed E-state index contributed by atoms with van der Waals surface area (Å²) in [6, 6.07) is 29.8. The van der Waals surface area contributed by atoms with E-state index >= 15 is 0 Å². The van der Waals surface area contributed by atoms with Crippen LogP contribution in [0.4, 0.5) is 0 Å². The van der Waals surface area contributed by atoms with Crippen LogP contribution in [0.15, 0.2) is 128 Å². The first-order valence-electron chi connectivity index (χ1n) is 12.4. The van der Waals surface area contributed by atoms with Gasteiger partial charge in [-0.15, -0.1) is 0 Å². The third-order valence-electron chi connectivity index (χ3n) is 6.22. The van der Waals surface area contributed by atoms with Crippen molar-refractivity contribution in [1.82, 2.24) is 44.3 Å². The Morgan fingerprint density at radius 1 is 0.359 bits per heavy atom. The maximum Gasteiger partial charge on any atom is 0.167 e. The summed E-state index contributed by atoms with van der Waals surface area (Å²) < 4.78 is 5.41. The highest BCUT2D eigenvalue weighted by Crippen LogP contribution is 2.26. The Morgan fingerprint density at radius 3 is 0.923 bits per heavy atom. The van der Waals surface area contributed by atoms with E-state index in [2.05, 4.69) is 15.3 Å². The smallest absolute Gasteiger partial charge is 0.167 e. The maximum absolute atomic E-state index is 4.82. The van der Waals surface area contributed by atoms with Crippen molar-refractivity contribution < 1.29 is 0 Å². The largest absolute Gasteiger partial charge is 0.240 e. The van der Waals surface area contributed by atoms with Gasteiger partial charge >= 0.3 is 0 Å². The van der Waals surface area contributed by atoms with Crippen molar-refractivity contribution in [3.63, 3.8) is 0 Å². The van der Waals surface area contributed by atoms with Crippen LogP contribution < -0.4 is 0 Å². The van der Waals surface area contributed by atoms with Gasteiger partial charge < -0.3 is 0 Å². The molecule has 4 heterocycles. The first-order valence-corrected chi connectivity index (χ1v) is 12.4. The van der Waals surface area contributed by atoms with Crippen LogP contribution in [-0.4, -0.2) is 44.3 Å². The number of rotatable bonds is 6. The van der Waals surface area contributed by atoms with E-state index in [9.17, 15) is 0 Å². The zero-order valence-electron chi connectivity index (χ0n) is 20.6. The van der Waals surface area contributed by atoms with Gasteiger partial charge in [-0.25, -0.2) is 29.0 Å². The molecule has 0 saturated heterocycles. The normalized spacial score (nSPS) is 11.1. The van der Waals surface area contributed by atoms with E-state index in [1.807, 2.05) is 110 Å². The summed E-state index contributed by atoms with van der Waals surface area (Å²) in [6.45, 7) is 0. The predicted octanol–water partition coefficient (Wildman–Crippen LogP) is 5.43. The van der Waals surface area contributed by atoms with Gasteiger partial charge in [0.1, 0.15) is 0 Å². The molecule has 0 unspecified atom stereocenters. The molecule has 4 aromatic heterocycles. The van der Waals surface area contributed by atoms with Gasteiger partial charge in [0.2, 0.25) is 0 Å². The van der Waals surface area contributed by atoms with Crippen LogP contribution in [-0.2, 0) is 0 Å². The van der Waals surface area contributed by atoms with Gasteiger partial charge in [-0.1, -0.05) is 54.6 Å². The zero-order chi connectivity index (χ0) is 26.0. The summed E-state index contributed by atoms with van der Waals surface area (Å²) in [4.78, 5) is 14.5. The average molecular weight is 508 g/mol. The molecule has 0 amide bonds. The SMILES string of the molecule is c1ccc(-n2cc(-c3nc(-c4cnn(-c5ccccc5)c4)nc(-c4cnn(-c5ccccc5)c4)n3)cn2)cc1. The van der Waals surface area contributed by atoms with Crippen molar-refractivity contribution in [3.05, 3.63) is 128 Å². The summed E-state index contributed by atoms with van der Waals surface area (Å²) in [6.07, 6.45) is 11.0. The molecular formula is C30H21N9. The monoisotopic (exact) mass is 507 g/mol. The molecule has 9 heteroatoms. The Kier molecular flexibility index (Phi) is 5.56. The molecule has 0 atom stereocenters. The molecule has 0 aliphatic carbocycles.